The van der Waals surface area contributed by atoms with E-state index in [-0.39, 0.29) is 12.8 Å². The highest BCUT2D eigenvalue weighted by molar-refractivity contribution is 5.95. The van der Waals surface area contributed by atoms with E-state index in [0.717, 1.165) is 0 Å². The summed E-state index contributed by atoms with van der Waals surface area (Å²) in [6.07, 6.45) is -0.648. The van der Waals surface area contributed by atoms with Gasteiger partial charge in [-0.05, 0) is 32.2 Å². The molecular weight excluding hydrogens is 444 g/mol. The van der Waals surface area contributed by atoms with E-state index in [4.69, 9.17) is 27.4 Å². The first-order valence-electron chi connectivity index (χ1n) is 10.1. The molecule has 4 amide bonds. The maximum Gasteiger partial charge on any atom is 0.305 e. The summed E-state index contributed by atoms with van der Waals surface area (Å²) in [4.78, 5) is 70.4. The normalized spacial score (nSPS) is 14.3. The Morgan fingerprint density at radius 2 is 1.27 bits per heavy atom. The number of carboxylic acid groups (broad SMARTS) is 2. The minimum Gasteiger partial charge on any atom is -0.481 e. The van der Waals surface area contributed by atoms with Crippen LogP contribution in [-0.4, -0.2) is 88.2 Å². The van der Waals surface area contributed by atoms with Gasteiger partial charge in [0, 0.05) is 6.42 Å². The summed E-state index contributed by atoms with van der Waals surface area (Å²) in [5.74, 6) is -6.39. The maximum atomic E-state index is 12.8. The van der Waals surface area contributed by atoms with Gasteiger partial charge in [-0.25, -0.2) is 0 Å². The molecule has 0 radical (unpaired) electrons. The molecule has 0 aromatic carbocycles. The van der Waals surface area contributed by atoms with Gasteiger partial charge in [-0.3, -0.25) is 28.8 Å². The number of nitrogens with one attached hydrogen (secondary N) is 3. The van der Waals surface area contributed by atoms with Gasteiger partial charge >= 0.3 is 11.9 Å². The molecule has 4 atom stereocenters. The zero-order valence-electron chi connectivity index (χ0n) is 18.0. The second-order valence-corrected chi connectivity index (χ2v) is 7.19. The van der Waals surface area contributed by atoms with Crippen molar-refractivity contribution in [1.29, 1.82) is 0 Å². The van der Waals surface area contributed by atoms with Gasteiger partial charge < -0.3 is 48.5 Å². The number of carbonyl (C=O) groups is 6. The van der Waals surface area contributed by atoms with Gasteiger partial charge in [-0.2, -0.15) is 0 Å². The van der Waals surface area contributed by atoms with Gasteiger partial charge in [-0.1, -0.05) is 0 Å². The predicted molar refractivity (Wildman–Crippen MR) is 112 cm³/mol. The highest BCUT2D eigenvalue weighted by Crippen LogP contribution is 2.05. The van der Waals surface area contributed by atoms with Crippen LogP contribution < -0.4 is 33.2 Å². The highest BCUT2D eigenvalue weighted by Gasteiger charge is 2.30. The fourth-order valence-electron chi connectivity index (χ4n) is 2.61. The minimum atomic E-state index is -1.49. The molecule has 188 valence electrons. The molecule has 0 aliphatic rings. The van der Waals surface area contributed by atoms with Crippen LogP contribution in [0.3, 0.4) is 0 Å². The summed E-state index contributed by atoms with van der Waals surface area (Å²) in [7, 11) is 0. The van der Waals surface area contributed by atoms with Crippen LogP contribution in [0, 0.1) is 0 Å². The fourth-order valence-corrected chi connectivity index (χ4v) is 2.61. The number of aliphatic carboxylic acids is 2. The lowest BCUT2D eigenvalue weighted by molar-refractivity contribution is -0.140. The number of amides is 4. The summed E-state index contributed by atoms with van der Waals surface area (Å²) < 4.78 is 0. The van der Waals surface area contributed by atoms with Gasteiger partial charge in [0.2, 0.25) is 23.6 Å². The van der Waals surface area contributed by atoms with E-state index in [0.29, 0.717) is 19.4 Å². The Bertz CT molecular complexity index is 718. The van der Waals surface area contributed by atoms with E-state index < -0.39 is 79.2 Å². The number of aliphatic hydroxyl groups excluding tert-OH is 1. The second-order valence-electron chi connectivity index (χ2n) is 7.19. The van der Waals surface area contributed by atoms with Crippen molar-refractivity contribution in [1.82, 2.24) is 16.0 Å². The molecule has 0 aliphatic carbocycles. The third kappa shape index (κ3) is 12.4. The zero-order valence-corrected chi connectivity index (χ0v) is 18.0. The molecule has 0 aromatic rings. The zero-order chi connectivity index (χ0) is 25.6. The number of nitrogens with two attached hydrogens (primary N) is 3. The average Bonchev–Trinajstić information content (AvgIpc) is 2.72. The summed E-state index contributed by atoms with van der Waals surface area (Å²) in [6.45, 7) is -0.467. The van der Waals surface area contributed by atoms with Crippen LogP contribution in [0.15, 0.2) is 0 Å². The average molecular weight is 476 g/mol. The predicted octanol–water partition coefficient (Wildman–Crippen LogP) is -4.29. The van der Waals surface area contributed by atoms with Crippen LogP contribution >= 0.6 is 0 Å². The number of rotatable bonds is 17. The van der Waals surface area contributed by atoms with Crippen LogP contribution in [0.2, 0.25) is 0 Å². The largest absolute Gasteiger partial charge is 0.481 e. The molecule has 33 heavy (non-hydrogen) atoms. The number of hydrogen-bond donors (Lipinski definition) is 9. The van der Waals surface area contributed by atoms with Crippen LogP contribution in [0.1, 0.15) is 38.5 Å². The van der Waals surface area contributed by atoms with Crippen molar-refractivity contribution in [2.24, 2.45) is 17.2 Å². The summed E-state index contributed by atoms with van der Waals surface area (Å²) in [6, 6.07) is -5.56. The molecule has 0 saturated heterocycles. The van der Waals surface area contributed by atoms with Crippen LogP contribution in [-0.2, 0) is 28.8 Å². The molecule has 15 nitrogen and oxygen atoms in total. The fraction of sp³-hybridized carbons (Fsp3) is 0.667. The van der Waals surface area contributed by atoms with E-state index in [1.807, 2.05) is 0 Å². The quantitative estimate of drug-likeness (QED) is 0.0905. The van der Waals surface area contributed by atoms with Gasteiger partial charge in [-0.15, -0.1) is 0 Å². The van der Waals surface area contributed by atoms with Crippen molar-refractivity contribution in [2.75, 3.05) is 13.2 Å². The van der Waals surface area contributed by atoms with Crippen LogP contribution in [0.5, 0.6) is 0 Å². The molecular formula is C18H32N6O9. The summed E-state index contributed by atoms with van der Waals surface area (Å²) in [5.41, 5.74) is 16.0. The first-order chi connectivity index (χ1) is 15.4. The lowest BCUT2D eigenvalue weighted by atomic mass is 10.1. The molecule has 0 aliphatic heterocycles. The number of carboxylic acids is 2. The van der Waals surface area contributed by atoms with Crippen molar-refractivity contribution in [3.63, 3.8) is 0 Å². The Kier molecular flexibility index (Phi) is 13.9. The lowest BCUT2D eigenvalue weighted by Crippen LogP contribution is -2.58. The third-order valence-corrected chi connectivity index (χ3v) is 4.43. The van der Waals surface area contributed by atoms with E-state index in [1.54, 1.807) is 0 Å². The molecule has 0 rings (SSSR count). The maximum absolute atomic E-state index is 12.8. The molecule has 0 bridgehead atoms. The van der Waals surface area contributed by atoms with Gasteiger partial charge in [0.05, 0.1) is 19.1 Å². The SMILES string of the molecule is NCCCC[C@H](NC(=O)[C@H](CCC(=O)O)NC(=O)[C@@H](N)CC(=O)O)C(=O)N[C@@H](CO)C(N)=O. The van der Waals surface area contributed by atoms with E-state index in [9.17, 15) is 33.9 Å². The Balaban J connectivity index is 5.49. The van der Waals surface area contributed by atoms with E-state index in [2.05, 4.69) is 16.0 Å². The minimum absolute atomic E-state index is 0.0732. The molecule has 12 N–H and O–H groups in total. The van der Waals surface area contributed by atoms with Crippen LogP contribution in [0.4, 0.5) is 0 Å². The van der Waals surface area contributed by atoms with Crippen molar-refractivity contribution in [3.05, 3.63) is 0 Å². The Hall–Kier alpha value is -3.30. The van der Waals surface area contributed by atoms with Gasteiger partial charge in [0.1, 0.15) is 18.1 Å². The highest BCUT2D eigenvalue weighted by atomic mass is 16.4. The van der Waals surface area contributed by atoms with Crippen molar-refractivity contribution in [3.8, 4) is 0 Å². The molecule has 0 unspecified atom stereocenters. The Morgan fingerprint density at radius 3 is 1.73 bits per heavy atom. The van der Waals surface area contributed by atoms with Crippen molar-refractivity contribution in [2.45, 2.75) is 62.7 Å². The number of carbonyl (C=O) groups excluding carboxylic acids is 4. The molecule has 0 saturated carbocycles. The molecule has 0 heterocycles. The summed E-state index contributed by atoms with van der Waals surface area (Å²) >= 11 is 0. The molecule has 0 aromatic heterocycles. The van der Waals surface area contributed by atoms with Gasteiger partial charge in [0.15, 0.2) is 0 Å². The smallest absolute Gasteiger partial charge is 0.305 e. The number of primary amides is 1. The first kappa shape index (κ1) is 29.7. The topological polar surface area (TPSA) is 277 Å². The standard InChI is InChI=1S/C18H32N6O9/c19-6-2-1-3-10(17(32)24-12(8-25)15(21)30)23-18(33)11(4-5-13(26)27)22-16(31)9(20)7-14(28)29/h9-12,25H,1-8,19-20H2,(H2,21,30)(H,22,31)(H,23,33)(H,24,32)(H,26,27)(H,28,29)/t9-,10-,11-,12-/m0/s1. The Morgan fingerprint density at radius 1 is 0.758 bits per heavy atom. The lowest BCUT2D eigenvalue weighted by Gasteiger charge is -2.25. The number of hydrogen-bond acceptors (Lipinski definition) is 9. The van der Waals surface area contributed by atoms with Gasteiger partial charge in [0.25, 0.3) is 0 Å². The van der Waals surface area contributed by atoms with Crippen molar-refractivity contribution >= 4 is 35.6 Å². The Labute approximate surface area is 189 Å². The third-order valence-electron chi connectivity index (χ3n) is 4.43. The summed E-state index contributed by atoms with van der Waals surface area (Å²) in [5, 5.41) is 33.6. The second kappa shape index (κ2) is 15.5. The molecule has 0 fully saturated rings. The number of unbranched alkanes of at least 4 members (excludes halogenated alkanes) is 1. The van der Waals surface area contributed by atoms with Crippen molar-refractivity contribution < 1.29 is 44.1 Å². The monoisotopic (exact) mass is 476 g/mol. The van der Waals surface area contributed by atoms with Crippen LogP contribution in [0.25, 0.3) is 0 Å². The number of aliphatic hydroxyl groups is 1. The van der Waals surface area contributed by atoms with E-state index in [1.165, 1.54) is 0 Å². The molecule has 15 heteroatoms. The van der Waals surface area contributed by atoms with E-state index >= 15 is 0 Å². The molecule has 0 spiro atoms. The first-order valence-corrected chi connectivity index (χ1v) is 10.1.